The standard InChI is InChI=1S/C13H12N4/c1-9-2-4-10(5-3-9)13-8-17(13)12(7-15)11(16)6-14/h2-5,13H,8,16H2,1H3. The molecule has 1 aliphatic rings. The van der Waals surface area contributed by atoms with E-state index in [-0.39, 0.29) is 17.4 Å². The molecule has 0 amide bonds. The molecule has 4 nitrogen and oxygen atoms in total. The summed E-state index contributed by atoms with van der Waals surface area (Å²) in [5, 5.41) is 17.7. The zero-order chi connectivity index (χ0) is 12.4. The van der Waals surface area contributed by atoms with E-state index in [1.54, 1.807) is 0 Å². The largest absolute Gasteiger partial charge is 0.388 e. The van der Waals surface area contributed by atoms with Crippen molar-refractivity contribution in [3.8, 4) is 12.1 Å². The Labute approximate surface area is 100 Å². The monoisotopic (exact) mass is 224 g/mol. The molecule has 0 aromatic heterocycles. The molecule has 2 rings (SSSR count). The average molecular weight is 224 g/mol. The van der Waals surface area contributed by atoms with Crippen LogP contribution >= 0.6 is 0 Å². The van der Waals surface area contributed by atoms with Crippen molar-refractivity contribution in [1.82, 2.24) is 4.90 Å². The zero-order valence-electron chi connectivity index (χ0n) is 9.51. The second-order valence-corrected chi connectivity index (χ2v) is 4.06. The molecule has 1 aromatic carbocycles. The lowest BCUT2D eigenvalue weighted by molar-refractivity contribution is 0.652. The maximum atomic E-state index is 8.97. The summed E-state index contributed by atoms with van der Waals surface area (Å²) in [6, 6.07) is 12.1. The van der Waals surface area contributed by atoms with Gasteiger partial charge in [0.05, 0.1) is 6.04 Å². The van der Waals surface area contributed by atoms with Crippen molar-refractivity contribution in [1.29, 1.82) is 10.5 Å². The molecule has 1 heterocycles. The van der Waals surface area contributed by atoms with Crippen molar-refractivity contribution in [3.05, 3.63) is 46.8 Å². The summed E-state index contributed by atoms with van der Waals surface area (Å²) in [6.45, 7) is 2.77. The minimum absolute atomic E-state index is 0.0119. The van der Waals surface area contributed by atoms with Gasteiger partial charge in [-0.3, -0.25) is 0 Å². The van der Waals surface area contributed by atoms with Gasteiger partial charge < -0.3 is 10.6 Å². The molecule has 1 fully saturated rings. The van der Waals surface area contributed by atoms with Crippen LogP contribution in [0.2, 0.25) is 0 Å². The van der Waals surface area contributed by atoms with Crippen LogP contribution in [0, 0.1) is 29.6 Å². The first-order chi connectivity index (χ1) is 8.17. The third kappa shape index (κ3) is 2.07. The van der Waals surface area contributed by atoms with Gasteiger partial charge in [0.2, 0.25) is 0 Å². The minimum atomic E-state index is -0.0119. The number of nitriles is 2. The summed E-state index contributed by atoms with van der Waals surface area (Å²) in [7, 11) is 0. The number of hydrogen-bond donors (Lipinski definition) is 1. The van der Waals surface area contributed by atoms with Gasteiger partial charge >= 0.3 is 0 Å². The number of rotatable bonds is 2. The molecule has 17 heavy (non-hydrogen) atoms. The molecule has 0 aliphatic carbocycles. The topological polar surface area (TPSA) is 76.6 Å². The summed E-state index contributed by atoms with van der Waals surface area (Å²) in [5.74, 6) is 0. The Hall–Kier alpha value is -2.46. The van der Waals surface area contributed by atoms with Crippen LogP contribution in [0.1, 0.15) is 17.2 Å². The van der Waals surface area contributed by atoms with Crippen molar-refractivity contribution in [2.45, 2.75) is 13.0 Å². The zero-order valence-corrected chi connectivity index (χ0v) is 9.51. The van der Waals surface area contributed by atoms with E-state index in [1.165, 1.54) is 5.56 Å². The SMILES string of the molecule is Cc1ccc(C2CN2C(C#N)=C(N)C#N)cc1. The average Bonchev–Trinajstić information content (AvgIpc) is 3.11. The second kappa shape index (κ2) is 4.19. The third-order valence-electron chi connectivity index (χ3n) is 2.84. The number of hydrogen-bond acceptors (Lipinski definition) is 4. The number of nitrogens with zero attached hydrogens (tertiary/aromatic N) is 3. The quantitative estimate of drug-likeness (QED) is 0.611. The van der Waals surface area contributed by atoms with Gasteiger partial charge in [-0.1, -0.05) is 29.8 Å². The number of benzene rings is 1. The Morgan fingerprint density at radius 2 is 1.94 bits per heavy atom. The lowest BCUT2D eigenvalue weighted by Crippen LogP contribution is -2.06. The Morgan fingerprint density at radius 1 is 1.29 bits per heavy atom. The molecule has 1 unspecified atom stereocenters. The summed E-state index contributed by atoms with van der Waals surface area (Å²) in [6.07, 6.45) is 0. The molecule has 2 N–H and O–H groups in total. The maximum absolute atomic E-state index is 8.97. The lowest BCUT2D eigenvalue weighted by atomic mass is 10.1. The minimum Gasteiger partial charge on any atom is -0.388 e. The molecule has 0 radical (unpaired) electrons. The van der Waals surface area contributed by atoms with Crippen molar-refractivity contribution in [3.63, 3.8) is 0 Å². The number of nitrogens with two attached hydrogens (primary N) is 1. The first kappa shape index (κ1) is 11.0. The highest BCUT2D eigenvalue weighted by Gasteiger charge is 2.38. The summed E-state index contributed by atoms with van der Waals surface area (Å²) >= 11 is 0. The van der Waals surface area contributed by atoms with E-state index in [1.807, 2.05) is 48.2 Å². The maximum Gasteiger partial charge on any atom is 0.151 e. The fourth-order valence-corrected chi connectivity index (χ4v) is 1.79. The molecule has 0 saturated carbocycles. The molecular formula is C13H12N4. The van der Waals surface area contributed by atoms with Crippen LogP contribution in [-0.2, 0) is 0 Å². The van der Waals surface area contributed by atoms with Gasteiger partial charge in [0.25, 0.3) is 0 Å². The first-order valence-corrected chi connectivity index (χ1v) is 5.30. The van der Waals surface area contributed by atoms with Gasteiger partial charge in [0.15, 0.2) is 5.70 Å². The number of aryl methyl sites for hydroxylation is 1. The summed E-state index contributed by atoms with van der Waals surface area (Å²) in [4.78, 5) is 1.84. The van der Waals surface area contributed by atoms with Crippen LogP contribution in [0.15, 0.2) is 35.7 Å². The number of allylic oxidation sites excluding steroid dienone is 2. The van der Waals surface area contributed by atoms with Gasteiger partial charge in [-0.2, -0.15) is 10.5 Å². The van der Waals surface area contributed by atoms with Crippen LogP contribution in [-0.4, -0.2) is 11.4 Å². The smallest absolute Gasteiger partial charge is 0.151 e. The molecule has 1 atom stereocenters. The van der Waals surface area contributed by atoms with Gasteiger partial charge in [0.1, 0.15) is 17.8 Å². The fourth-order valence-electron chi connectivity index (χ4n) is 1.79. The molecule has 1 aromatic rings. The molecule has 1 saturated heterocycles. The highest BCUT2D eigenvalue weighted by Crippen LogP contribution is 2.38. The molecule has 0 bridgehead atoms. The van der Waals surface area contributed by atoms with Crippen LogP contribution < -0.4 is 5.73 Å². The highest BCUT2D eigenvalue weighted by molar-refractivity contribution is 5.39. The highest BCUT2D eigenvalue weighted by atomic mass is 15.3. The Balaban J connectivity index is 2.19. The van der Waals surface area contributed by atoms with Crippen LogP contribution in [0.25, 0.3) is 0 Å². The summed E-state index contributed by atoms with van der Waals surface area (Å²) in [5.41, 5.74) is 8.10. The predicted octanol–water partition coefficient (Wildman–Crippen LogP) is 1.57. The van der Waals surface area contributed by atoms with Gasteiger partial charge in [-0.05, 0) is 12.5 Å². The molecule has 0 spiro atoms. The van der Waals surface area contributed by atoms with E-state index in [0.717, 1.165) is 12.1 Å². The van der Waals surface area contributed by atoms with E-state index in [2.05, 4.69) is 0 Å². The fraction of sp³-hybridized carbons (Fsp3) is 0.231. The molecule has 84 valence electrons. The van der Waals surface area contributed by atoms with Crippen molar-refractivity contribution in [2.75, 3.05) is 6.54 Å². The molecule has 4 heteroatoms. The Kier molecular flexibility index (Phi) is 2.72. The van der Waals surface area contributed by atoms with Crippen molar-refractivity contribution >= 4 is 0 Å². The van der Waals surface area contributed by atoms with Gasteiger partial charge in [-0.15, -0.1) is 0 Å². The first-order valence-electron chi connectivity index (χ1n) is 5.30. The Morgan fingerprint density at radius 3 is 2.47 bits per heavy atom. The van der Waals surface area contributed by atoms with Gasteiger partial charge in [-0.25, -0.2) is 0 Å². The van der Waals surface area contributed by atoms with Gasteiger partial charge in [0, 0.05) is 6.54 Å². The molecule has 1 aliphatic heterocycles. The van der Waals surface area contributed by atoms with Crippen molar-refractivity contribution in [2.24, 2.45) is 5.73 Å². The lowest BCUT2D eigenvalue weighted by Gasteiger charge is -2.04. The second-order valence-electron chi connectivity index (χ2n) is 4.06. The van der Waals surface area contributed by atoms with E-state index in [4.69, 9.17) is 16.3 Å². The van der Waals surface area contributed by atoms with Crippen LogP contribution in [0.5, 0.6) is 0 Å². The van der Waals surface area contributed by atoms with Crippen LogP contribution in [0.4, 0.5) is 0 Å². The third-order valence-corrected chi connectivity index (χ3v) is 2.84. The Bertz CT molecular complexity index is 542. The normalized spacial score (nSPS) is 19.0. The van der Waals surface area contributed by atoms with E-state index in [0.29, 0.717) is 0 Å². The predicted molar refractivity (Wildman–Crippen MR) is 63.1 cm³/mol. The van der Waals surface area contributed by atoms with Crippen LogP contribution in [0.3, 0.4) is 0 Å². The summed E-state index contributed by atoms with van der Waals surface area (Å²) < 4.78 is 0. The van der Waals surface area contributed by atoms with E-state index in [9.17, 15) is 0 Å². The van der Waals surface area contributed by atoms with E-state index < -0.39 is 0 Å². The van der Waals surface area contributed by atoms with Crippen molar-refractivity contribution < 1.29 is 0 Å². The van der Waals surface area contributed by atoms with E-state index >= 15 is 0 Å². The molecular weight excluding hydrogens is 212 g/mol.